The molecule has 0 radical (unpaired) electrons. The fourth-order valence-corrected chi connectivity index (χ4v) is 4.04. The molecule has 2 aromatic carbocycles. The number of sulfonamides is 1. The van der Waals surface area contributed by atoms with Crippen molar-refractivity contribution in [1.29, 1.82) is 0 Å². The molecule has 29 heavy (non-hydrogen) atoms. The third-order valence-electron chi connectivity index (χ3n) is 3.81. The van der Waals surface area contributed by atoms with Gasteiger partial charge < -0.3 is 5.32 Å². The van der Waals surface area contributed by atoms with Gasteiger partial charge in [-0.25, -0.2) is 13.6 Å². The summed E-state index contributed by atoms with van der Waals surface area (Å²) in [6, 6.07) is 12.4. The first-order chi connectivity index (χ1) is 13.6. The molecule has 1 heterocycles. The quantitative estimate of drug-likeness (QED) is 0.613. The standard InChI is InChI=1S/C18H14BrN3O5S2/c19-12-3-1-11(2-4-12)9-15-17(24)22(18(25)28-15)10-16(23)21-13-5-7-14(8-6-13)29(20,26)27/h1-9H,10H2,(H,21,23)(H2,20,26,27)/b15-9+. The van der Waals surface area contributed by atoms with Crippen molar-refractivity contribution in [1.82, 2.24) is 4.90 Å². The number of anilines is 1. The predicted molar refractivity (Wildman–Crippen MR) is 113 cm³/mol. The van der Waals surface area contributed by atoms with Crippen molar-refractivity contribution in [3.8, 4) is 0 Å². The maximum absolute atomic E-state index is 12.5. The number of nitrogens with one attached hydrogen (secondary N) is 1. The van der Waals surface area contributed by atoms with Crippen LogP contribution in [0.3, 0.4) is 0 Å². The molecule has 0 saturated carbocycles. The number of primary sulfonamides is 1. The number of nitrogens with zero attached hydrogens (tertiary/aromatic N) is 1. The molecule has 0 aromatic heterocycles. The molecule has 11 heteroatoms. The molecule has 8 nitrogen and oxygen atoms in total. The highest BCUT2D eigenvalue weighted by molar-refractivity contribution is 9.10. The first-order valence-electron chi connectivity index (χ1n) is 8.07. The van der Waals surface area contributed by atoms with Gasteiger partial charge in [0, 0.05) is 10.2 Å². The molecule has 150 valence electrons. The van der Waals surface area contributed by atoms with Crippen LogP contribution in [0.2, 0.25) is 0 Å². The molecular formula is C18H14BrN3O5S2. The Balaban J connectivity index is 1.66. The lowest BCUT2D eigenvalue weighted by atomic mass is 10.2. The average Bonchev–Trinajstić information content (AvgIpc) is 2.91. The van der Waals surface area contributed by atoms with Crippen LogP contribution in [0.25, 0.3) is 6.08 Å². The van der Waals surface area contributed by atoms with Crippen LogP contribution in [0, 0.1) is 0 Å². The van der Waals surface area contributed by atoms with E-state index in [1.807, 2.05) is 12.1 Å². The van der Waals surface area contributed by atoms with Crippen LogP contribution < -0.4 is 10.5 Å². The second-order valence-corrected chi connectivity index (χ2v) is 9.41. The number of hydrogen-bond donors (Lipinski definition) is 2. The second-order valence-electron chi connectivity index (χ2n) is 5.94. The van der Waals surface area contributed by atoms with E-state index in [0.717, 1.165) is 26.7 Å². The molecule has 3 N–H and O–H groups in total. The molecule has 0 bridgehead atoms. The molecule has 0 unspecified atom stereocenters. The number of amides is 3. The van der Waals surface area contributed by atoms with Gasteiger partial charge in [-0.15, -0.1) is 0 Å². The topological polar surface area (TPSA) is 127 Å². The Labute approximate surface area is 179 Å². The maximum atomic E-state index is 12.5. The van der Waals surface area contributed by atoms with Crippen LogP contribution in [0.5, 0.6) is 0 Å². The van der Waals surface area contributed by atoms with Crippen molar-refractivity contribution in [2.45, 2.75) is 4.90 Å². The van der Waals surface area contributed by atoms with Crippen LogP contribution >= 0.6 is 27.7 Å². The number of carbonyl (C=O) groups excluding carboxylic acids is 3. The molecule has 1 aliphatic rings. The third-order valence-corrected chi connectivity index (χ3v) is 6.17. The lowest BCUT2D eigenvalue weighted by molar-refractivity contribution is -0.127. The zero-order chi connectivity index (χ0) is 21.2. The fourth-order valence-electron chi connectivity index (χ4n) is 2.42. The van der Waals surface area contributed by atoms with Gasteiger partial charge in [-0.1, -0.05) is 28.1 Å². The lowest BCUT2D eigenvalue weighted by Gasteiger charge is -2.12. The van der Waals surface area contributed by atoms with E-state index in [9.17, 15) is 22.8 Å². The van der Waals surface area contributed by atoms with Gasteiger partial charge in [0.05, 0.1) is 9.80 Å². The van der Waals surface area contributed by atoms with Crippen LogP contribution in [-0.2, 0) is 19.6 Å². The van der Waals surface area contributed by atoms with E-state index >= 15 is 0 Å². The molecule has 3 amide bonds. The number of nitrogens with two attached hydrogens (primary N) is 1. The minimum atomic E-state index is -3.84. The van der Waals surface area contributed by atoms with E-state index < -0.39 is 33.6 Å². The van der Waals surface area contributed by atoms with Gasteiger partial charge in [-0.2, -0.15) is 0 Å². The summed E-state index contributed by atoms with van der Waals surface area (Å²) in [5, 5.41) is 6.98. The minimum absolute atomic E-state index is 0.0977. The molecule has 1 aliphatic heterocycles. The molecular weight excluding hydrogens is 482 g/mol. The Morgan fingerprint density at radius 3 is 2.31 bits per heavy atom. The fraction of sp³-hybridized carbons (Fsp3) is 0.0556. The van der Waals surface area contributed by atoms with Crippen molar-refractivity contribution >= 4 is 66.5 Å². The van der Waals surface area contributed by atoms with Crippen LogP contribution in [-0.4, -0.2) is 36.9 Å². The molecule has 1 fully saturated rings. The molecule has 2 aromatic rings. The second kappa shape index (κ2) is 8.49. The summed E-state index contributed by atoms with van der Waals surface area (Å²) < 4.78 is 23.4. The van der Waals surface area contributed by atoms with Gasteiger partial charge in [-0.05, 0) is 59.8 Å². The van der Waals surface area contributed by atoms with E-state index in [1.165, 1.54) is 24.3 Å². The van der Waals surface area contributed by atoms with E-state index in [4.69, 9.17) is 5.14 Å². The highest BCUT2D eigenvalue weighted by Gasteiger charge is 2.36. The van der Waals surface area contributed by atoms with Crippen LogP contribution in [0.1, 0.15) is 5.56 Å². The number of rotatable bonds is 5. The maximum Gasteiger partial charge on any atom is 0.294 e. The predicted octanol–water partition coefficient (Wildman–Crippen LogP) is 2.77. The van der Waals surface area contributed by atoms with Crippen LogP contribution in [0.15, 0.2) is 62.8 Å². The number of halogens is 1. The monoisotopic (exact) mass is 495 g/mol. The van der Waals surface area contributed by atoms with Crippen LogP contribution in [0.4, 0.5) is 10.5 Å². The van der Waals surface area contributed by atoms with E-state index in [2.05, 4.69) is 21.2 Å². The van der Waals surface area contributed by atoms with Crippen molar-refractivity contribution in [3.63, 3.8) is 0 Å². The summed E-state index contributed by atoms with van der Waals surface area (Å²) in [7, 11) is -3.84. The molecule has 3 rings (SSSR count). The summed E-state index contributed by atoms with van der Waals surface area (Å²) in [5.74, 6) is -1.15. The van der Waals surface area contributed by atoms with Gasteiger partial charge in [-0.3, -0.25) is 19.3 Å². The van der Waals surface area contributed by atoms with E-state index in [-0.39, 0.29) is 9.80 Å². The first-order valence-corrected chi connectivity index (χ1v) is 11.2. The Bertz CT molecular complexity index is 1110. The number of hydrogen-bond acceptors (Lipinski definition) is 6. The number of imide groups is 1. The van der Waals surface area contributed by atoms with Crippen molar-refractivity contribution in [2.24, 2.45) is 5.14 Å². The van der Waals surface area contributed by atoms with Gasteiger partial charge in [0.15, 0.2) is 0 Å². The van der Waals surface area contributed by atoms with Crippen molar-refractivity contribution in [3.05, 3.63) is 63.5 Å². The first kappa shape index (κ1) is 21.2. The zero-order valence-electron chi connectivity index (χ0n) is 14.7. The highest BCUT2D eigenvalue weighted by atomic mass is 79.9. The number of carbonyl (C=O) groups is 3. The van der Waals surface area contributed by atoms with Gasteiger partial charge in [0.2, 0.25) is 15.9 Å². The molecule has 0 spiro atoms. The Morgan fingerprint density at radius 2 is 1.72 bits per heavy atom. The van der Waals surface area contributed by atoms with Crippen molar-refractivity contribution < 1.29 is 22.8 Å². The van der Waals surface area contributed by atoms with Gasteiger partial charge in [0.1, 0.15) is 6.54 Å². The third kappa shape index (κ3) is 5.32. The lowest BCUT2D eigenvalue weighted by Crippen LogP contribution is -2.36. The summed E-state index contributed by atoms with van der Waals surface area (Å²) in [6.45, 7) is -0.459. The molecule has 1 saturated heterocycles. The van der Waals surface area contributed by atoms with Gasteiger partial charge >= 0.3 is 0 Å². The summed E-state index contributed by atoms with van der Waals surface area (Å²) in [5.41, 5.74) is 1.05. The number of benzene rings is 2. The molecule has 0 aliphatic carbocycles. The molecule has 0 atom stereocenters. The van der Waals surface area contributed by atoms with E-state index in [0.29, 0.717) is 5.69 Å². The average molecular weight is 496 g/mol. The zero-order valence-corrected chi connectivity index (χ0v) is 17.9. The highest BCUT2D eigenvalue weighted by Crippen LogP contribution is 2.32. The van der Waals surface area contributed by atoms with Crippen molar-refractivity contribution in [2.75, 3.05) is 11.9 Å². The summed E-state index contributed by atoms with van der Waals surface area (Å²) in [6.07, 6.45) is 1.58. The SMILES string of the molecule is NS(=O)(=O)c1ccc(NC(=O)CN2C(=O)S/C(=C/c3ccc(Br)cc3)C2=O)cc1. The minimum Gasteiger partial charge on any atom is -0.325 e. The number of thioether (sulfide) groups is 1. The summed E-state index contributed by atoms with van der Waals surface area (Å²) >= 11 is 4.08. The summed E-state index contributed by atoms with van der Waals surface area (Å²) in [4.78, 5) is 37.8. The Hall–Kier alpha value is -2.47. The van der Waals surface area contributed by atoms with E-state index in [1.54, 1.807) is 18.2 Å². The largest absolute Gasteiger partial charge is 0.325 e. The Kier molecular flexibility index (Phi) is 6.22. The normalized spacial score (nSPS) is 15.8. The van der Waals surface area contributed by atoms with Gasteiger partial charge in [0.25, 0.3) is 11.1 Å². The smallest absolute Gasteiger partial charge is 0.294 e. The Morgan fingerprint density at radius 1 is 1.10 bits per heavy atom.